The number of benzene rings is 2. The van der Waals surface area contributed by atoms with Crippen LogP contribution in [0, 0.1) is 11.3 Å². The molecule has 2 aromatic carbocycles. The number of fused-ring (bicyclic) bond motifs is 3. The van der Waals surface area contributed by atoms with Crippen molar-refractivity contribution in [3.05, 3.63) is 88.6 Å². The second kappa shape index (κ2) is 5.52. The number of pyridine rings is 1. The fourth-order valence-electron chi connectivity index (χ4n) is 2.96. The molecule has 0 radical (unpaired) electrons. The first-order chi connectivity index (χ1) is 11.7. The van der Waals surface area contributed by atoms with Gasteiger partial charge in [0.15, 0.2) is 0 Å². The molecule has 4 heteroatoms. The summed E-state index contributed by atoms with van der Waals surface area (Å²) in [6.45, 7) is 0. The summed E-state index contributed by atoms with van der Waals surface area (Å²) in [4.78, 5) is 13.0. The van der Waals surface area contributed by atoms with E-state index in [-0.39, 0.29) is 5.78 Å². The van der Waals surface area contributed by atoms with Gasteiger partial charge in [0.1, 0.15) is 6.07 Å². The molecular weight excluding hydrogens is 320 g/mol. The Morgan fingerprint density at radius 2 is 1.71 bits per heavy atom. The summed E-state index contributed by atoms with van der Waals surface area (Å²) in [6.07, 6.45) is 0. The number of nitrogens with zero attached hydrogens (tertiary/aromatic N) is 2. The summed E-state index contributed by atoms with van der Waals surface area (Å²) in [5.41, 5.74) is 3.12. The molecule has 0 saturated carbocycles. The van der Waals surface area contributed by atoms with Crippen LogP contribution in [0.15, 0.2) is 66.7 Å². The molecule has 4 rings (SSSR count). The number of carbonyl (C=O) groups excluding carboxylic acids is 1. The largest absolute Gasteiger partial charge is 0.305 e. The van der Waals surface area contributed by atoms with E-state index in [2.05, 4.69) is 6.07 Å². The zero-order valence-electron chi connectivity index (χ0n) is 12.5. The van der Waals surface area contributed by atoms with Crippen LogP contribution in [0.2, 0.25) is 5.02 Å². The molecule has 0 spiro atoms. The lowest BCUT2D eigenvalue weighted by Gasteiger charge is -2.07. The van der Waals surface area contributed by atoms with Crippen molar-refractivity contribution < 1.29 is 4.79 Å². The van der Waals surface area contributed by atoms with Crippen LogP contribution in [-0.2, 0) is 0 Å². The van der Waals surface area contributed by atoms with Crippen LogP contribution in [0.1, 0.15) is 21.6 Å². The fraction of sp³-hybridized carbons (Fsp3) is 0. The highest BCUT2D eigenvalue weighted by Gasteiger charge is 2.18. The normalized spacial score (nSPS) is 10.8. The first kappa shape index (κ1) is 14.5. The third-order valence-corrected chi connectivity index (χ3v) is 4.35. The van der Waals surface area contributed by atoms with Gasteiger partial charge in [-0.05, 0) is 47.9 Å². The lowest BCUT2D eigenvalue weighted by Crippen LogP contribution is -2.05. The van der Waals surface area contributed by atoms with Crippen molar-refractivity contribution >= 4 is 33.8 Å². The van der Waals surface area contributed by atoms with Gasteiger partial charge in [0.25, 0.3) is 0 Å². The van der Waals surface area contributed by atoms with Crippen LogP contribution < -0.4 is 0 Å². The Bertz CT molecular complexity index is 1130. The predicted molar refractivity (Wildman–Crippen MR) is 94.5 cm³/mol. The van der Waals surface area contributed by atoms with Crippen molar-refractivity contribution in [1.29, 1.82) is 5.26 Å². The average Bonchev–Trinajstić information content (AvgIpc) is 3.01. The van der Waals surface area contributed by atoms with Gasteiger partial charge in [-0.1, -0.05) is 35.9 Å². The Balaban J connectivity index is 2.04. The molecule has 0 bridgehead atoms. The molecule has 0 atom stereocenters. The zero-order chi connectivity index (χ0) is 16.7. The number of hydrogen-bond acceptors (Lipinski definition) is 2. The van der Waals surface area contributed by atoms with Crippen LogP contribution in [0.3, 0.4) is 0 Å². The average molecular weight is 331 g/mol. The van der Waals surface area contributed by atoms with E-state index in [4.69, 9.17) is 11.6 Å². The molecule has 2 heterocycles. The smallest absolute Gasteiger partial charge is 0.209 e. The number of aromatic nitrogens is 1. The highest BCUT2D eigenvalue weighted by Crippen LogP contribution is 2.25. The number of para-hydroxylation sites is 1. The standard InChI is InChI=1S/C20H11ClN2O/c21-16-8-5-14(6-9-16)20(24)19-11-15(12-22)18-10-7-13-3-1-2-4-17(13)23(18)19/h1-11H. The molecule has 0 saturated heterocycles. The first-order valence-corrected chi connectivity index (χ1v) is 7.80. The highest BCUT2D eigenvalue weighted by molar-refractivity contribution is 6.30. The van der Waals surface area contributed by atoms with Crippen LogP contribution >= 0.6 is 11.6 Å². The number of hydrogen-bond donors (Lipinski definition) is 0. The third-order valence-electron chi connectivity index (χ3n) is 4.10. The van der Waals surface area contributed by atoms with E-state index in [9.17, 15) is 10.1 Å². The fourth-order valence-corrected chi connectivity index (χ4v) is 3.08. The van der Waals surface area contributed by atoms with Gasteiger partial charge in [0.2, 0.25) is 5.78 Å². The number of nitriles is 1. The summed E-state index contributed by atoms with van der Waals surface area (Å²) in [5.74, 6) is -0.139. The van der Waals surface area contributed by atoms with Crippen molar-refractivity contribution in [2.45, 2.75) is 0 Å². The van der Waals surface area contributed by atoms with Crippen LogP contribution in [0.25, 0.3) is 16.4 Å². The zero-order valence-corrected chi connectivity index (χ0v) is 13.3. The van der Waals surface area contributed by atoms with Crippen LogP contribution in [0.5, 0.6) is 0 Å². The highest BCUT2D eigenvalue weighted by atomic mass is 35.5. The van der Waals surface area contributed by atoms with E-state index in [1.807, 2.05) is 40.8 Å². The molecule has 0 aliphatic carbocycles. The second-order valence-electron chi connectivity index (χ2n) is 5.50. The Morgan fingerprint density at radius 1 is 0.958 bits per heavy atom. The third kappa shape index (κ3) is 2.17. The molecule has 0 N–H and O–H groups in total. The number of carbonyl (C=O) groups is 1. The van der Waals surface area contributed by atoms with E-state index >= 15 is 0 Å². The SMILES string of the molecule is N#Cc1cc(C(=O)c2ccc(Cl)cc2)n2c1ccc1ccccc12. The maximum absolute atomic E-state index is 13.0. The molecule has 4 aromatic rings. The van der Waals surface area contributed by atoms with Crippen LogP contribution in [-0.4, -0.2) is 10.2 Å². The summed E-state index contributed by atoms with van der Waals surface area (Å²) in [5, 5.41) is 11.0. The molecular formula is C20H11ClN2O. The quantitative estimate of drug-likeness (QED) is 0.493. The van der Waals surface area contributed by atoms with E-state index in [0.29, 0.717) is 21.8 Å². The minimum absolute atomic E-state index is 0.139. The molecule has 24 heavy (non-hydrogen) atoms. The number of rotatable bonds is 2. The van der Waals surface area contributed by atoms with E-state index in [1.54, 1.807) is 30.3 Å². The Hall–Kier alpha value is -3.09. The summed E-state index contributed by atoms with van der Waals surface area (Å²) in [6, 6.07) is 22.2. The van der Waals surface area contributed by atoms with Gasteiger partial charge in [-0.25, -0.2) is 0 Å². The van der Waals surface area contributed by atoms with Gasteiger partial charge in [-0.15, -0.1) is 0 Å². The maximum Gasteiger partial charge on any atom is 0.209 e. The van der Waals surface area contributed by atoms with Crippen molar-refractivity contribution in [3.8, 4) is 6.07 Å². The minimum atomic E-state index is -0.139. The van der Waals surface area contributed by atoms with Gasteiger partial charge in [-0.3, -0.25) is 4.79 Å². The molecule has 0 aliphatic heterocycles. The molecule has 0 amide bonds. The van der Waals surface area contributed by atoms with E-state index in [0.717, 1.165) is 16.4 Å². The molecule has 0 fully saturated rings. The molecule has 2 aromatic heterocycles. The molecule has 3 nitrogen and oxygen atoms in total. The maximum atomic E-state index is 13.0. The Labute approximate surface area is 143 Å². The van der Waals surface area contributed by atoms with E-state index < -0.39 is 0 Å². The van der Waals surface area contributed by atoms with E-state index in [1.165, 1.54) is 0 Å². The summed E-state index contributed by atoms with van der Waals surface area (Å²) >= 11 is 5.90. The molecule has 0 unspecified atom stereocenters. The minimum Gasteiger partial charge on any atom is -0.305 e. The second-order valence-corrected chi connectivity index (χ2v) is 5.94. The van der Waals surface area contributed by atoms with Crippen molar-refractivity contribution in [2.75, 3.05) is 0 Å². The van der Waals surface area contributed by atoms with Gasteiger partial charge < -0.3 is 4.40 Å². The lowest BCUT2D eigenvalue weighted by molar-refractivity contribution is 0.103. The first-order valence-electron chi connectivity index (χ1n) is 7.42. The van der Waals surface area contributed by atoms with Crippen molar-refractivity contribution in [2.24, 2.45) is 0 Å². The number of ketones is 1. The summed E-state index contributed by atoms with van der Waals surface area (Å²) in [7, 11) is 0. The van der Waals surface area contributed by atoms with Gasteiger partial charge in [-0.2, -0.15) is 5.26 Å². The lowest BCUT2D eigenvalue weighted by atomic mass is 10.1. The molecule has 0 aliphatic rings. The Kier molecular flexibility index (Phi) is 3.34. The van der Waals surface area contributed by atoms with Gasteiger partial charge in [0.05, 0.1) is 22.3 Å². The monoisotopic (exact) mass is 330 g/mol. The van der Waals surface area contributed by atoms with Crippen molar-refractivity contribution in [1.82, 2.24) is 4.40 Å². The van der Waals surface area contributed by atoms with Crippen molar-refractivity contribution in [3.63, 3.8) is 0 Å². The predicted octanol–water partition coefficient (Wildman–Crippen LogP) is 4.85. The number of halogens is 1. The van der Waals surface area contributed by atoms with Gasteiger partial charge >= 0.3 is 0 Å². The topological polar surface area (TPSA) is 45.3 Å². The van der Waals surface area contributed by atoms with Crippen LogP contribution in [0.4, 0.5) is 0 Å². The van der Waals surface area contributed by atoms with Gasteiger partial charge in [0, 0.05) is 10.6 Å². The molecule has 114 valence electrons. The Morgan fingerprint density at radius 3 is 2.46 bits per heavy atom. The summed E-state index contributed by atoms with van der Waals surface area (Å²) < 4.78 is 1.85.